The number of rotatable bonds is 4. The molecule has 4 heterocycles. The molecule has 2 aliphatic rings. The first-order valence-corrected chi connectivity index (χ1v) is 11.3. The maximum absolute atomic E-state index is 14.9. The van der Waals surface area contributed by atoms with Gasteiger partial charge < -0.3 is 19.2 Å². The lowest BCUT2D eigenvalue weighted by Gasteiger charge is -2.14. The molecule has 1 aliphatic carbocycles. The van der Waals surface area contributed by atoms with E-state index >= 15 is 0 Å². The second kappa shape index (κ2) is 7.79. The van der Waals surface area contributed by atoms with Crippen molar-refractivity contribution in [3.05, 3.63) is 72.0 Å². The lowest BCUT2D eigenvalue weighted by Crippen LogP contribution is -2.17. The lowest BCUT2D eigenvalue weighted by molar-refractivity contribution is 0.102. The van der Waals surface area contributed by atoms with Crippen LogP contribution < -0.4 is 10.1 Å². The van der Waals surface area contributed by atoms with Gasteiger partial charge in [0, 0.05) is 30.7 Å². The molecule has 0 unspecified atom stereocenters. The number of hydrogen-bond acceptors (Lipinski definition) is 5. The lowest BCUT2D eigenvalue weighted by atomic mass is 10.1. The van der Waals surface area contributed by atoms with Gasteiger partial charge in [-0.2, -0.15) is 0 Å². The number of carbonyl (C=O) groups is 1. The van der Waals surface area contributed by atoms with Gasteiger partial charge in [0.2, 0.25) is 0 Å². The minimum Gasteiger partial charge on any atom is -0.487 e. The molecule has 3 aromatic heterocycles. The summed E-state index contributed by atoms with van der Waals surface area (Å²) < 4.78 is 24.8. The smallest absolute Gasteiger partial charge is 0.259 e. The molecule has 0 bridgehead atoms. The van der Waals surface area contributed by atoms with Crippen LogP contribution >= 0.6 is 0 Å². The van der Waals surface area contributed by atoms with Gasteiger partial charge in [-0.05, 0) is 50.5 Å². The summed E-state index contributed by atoms with van der Waals surface area (Å²) in [6, 6.07) is 4.77. The second-order valence-corrected chi connectivity index (χ2v) is 8.91. The summed E-state index contributed by atoms with van der Waals surface area (Å²) in [4.78, 5) is 26.4. The molecule has 1 amide bonds. The SMILES string of the molecule is Cc1cc(F)c(C(=O)Nc2nccc3c2OC[C@H](C)n2ccnc2-3)cc1-n1cnc(C2CC2)c1. The number of nitrogens with zero attached hydrogens (tertiary/aromatic N) is 5. The summed E-state index contributed by atoms with van der Waals surface area (Å²) in [5.74, 6) is 0.672. The Kier molecular flexibility index (Phi) is 4.72. The Balaban J connectivity index is 1.34. The van der Waals surface area contributed by atoms with Gasteiger partial charge in [-0.3, -0.25) is 4.79 Å². The Morgan fingerprint density at radius 1 is 1.21 bits per heavy atom. The average Bonchev–Trinajstić information content (AvgIpc) is 3.38. The number of hydrogen-bond donors (Lipinski definition) is 1. The molecule has 1 atom stereocenters. The molecule has 0 spiro atoms. The standard InChI is InChI=1S/C25H23FN6O2/c1-14-9-19(26)18(10-21(14)31-11-20(29-13-31)16-3-4-16)25(33)30-23-22-17(5-6-27-23)24-28-7-8-32(24)15(2)12-34-22/h5-11,13,15-16H,3-4,12H2,1-2H3,(H,27,30,33)/t15-/m0/s1. The van der Waals surface area contributed by atoms with Crippen molar-refractivity contribution >= 4 is 11.7 Å². The fourth-order valence-corrected chi connectivity index (χ4v) is 4.37. The number of benzene rings is 1. The van der Waals surface area contributed by atoms with E-state index in [4.69, 9.17) is 4.74 Å². The first kappa shape index (κ1) is 20.6. The minimum atomic E-state index is -0.605. The van der Waals surface area contributed by atoms with Crippen molar-refractivity contribution in [3.63, 3.8) is 0 Å². The molecule has 8 nitrogen and oxygen atoms in total. The average molecular weight is 458 g/mol. The van der Waals surface area contributed by atoms with Crippen LogP contribution in [-0.4, -0.2) is 36.6 Å². The van der Waals surface area contributed by atoms with Gasteiger partial charge in [-0.25, -0.2) is 19.3 Å². The van der Waals surface area contributed by atoms with Crippen molar-refractivity contribution in [2.75, 3.05) is 11.9 Å². The van der Waals surface area contributed by atoms with E-state index in [9.17, 15) is 9.18 Å². The quantitative estimate of drug-likeness (QED) is 0.481. The summed E-state index contributed by atoms with van der Waals surface area (Å²) in [6.07, 6.45) is 11.2. The normalized spacial score (nSPS) is 16.9. The first-order chi connectivity index (χ1) is 16.5. The van der Waals surface area contributed by atoms with E-state index < -0.39 is 11.7 Å². The van der Waals surface area contributed by atoms with Gasteiger partial charge in [0.15, 0.2) is 11.6 Å². The highest BCUT2D eigenvalue weighted by molar-refractivity contribution is 6.05. The molecule has 6 rings (SSSR count). The number of halogens is 1. The fraction of sp³-hybridized carbons (Fsp3) is 0.280. The Bertz CT molecular complexity index is 1420. The van der Waals surface area contributed by atoms with Crippen molar-refractivity contribution in [3.8, 4) is 22.8 Å². The molecule has 9 heteroatoms. The molecular weight excluding hydrogens is 435 g/mol. The largest absolute Gasteiger partial charge is 0.487 e. The van der Waals surface area contributed by atoms with Crippen molar-refractivity contribution in [2.24, 2.45) is 0 Å². The van der Waals surface area contributed by atoms with Crippen LogP contribution in [0.1, 0.15) is 53.3 Å². The Morgan fingerprint density at radius 3 is 2.88 bits per heavy atom. The monoisotopic (exact) mass is 458 g/mol. The van der Waals surface area contributed by atoms with Crippen LogP contribution in [0.25, 0.3) is 17.1 Å². The Labute approximate surface area is 195 Å². The summed E-state index contributed by atoms with van der Waals surface area (Å²) in [5, 5.41) is 2.75. The third-order valence-corrected chi connectivity index (χ3v) is 6.40. The molecule has 1 fully saturated rings. The highest BCUT2D eigenvalue weighted by Gasteiger charge is 2.27. The van der Waals surface area contributed by atoms with Crippen LogP contribution in [0.15, 0.2) is 49.3 Å². The maximum Gasteiger partial charge on any atom is 0.259 e. The van der Waals surface area contributed by atoms with E-state index in [0.29, 0.717) is 29.5 Å². The summed E-state index contributed by atoms with van der Waals surface area (Å²) in [7, 11) is 0. The third kappa shape index (κ3) is 3.44. The van der Waals surface area contributed by atoms with Gasteiger partial charge in [0.1, 0.15) is 18.2 Å². The van der Waals surface area contributed by atoms with E-state index in [-0.39, 0.29) is 17.4 Å². The number of carbonyl (C=O) groups excluding carboxylic acids is 1. The molecule has 4 aromatic rings. The zero-order chi connectivity index (χ0) is 23.4. The second-order valence-electron chi connectivity index (χ2n) is 8.91. The van der Waals surface area contributed by atoms with Gasteiger partial charge in [-0.1, -0.05) is 0 Å². The van der Waals surface area contributed by atoms with Gasteiger partial charge >= 0.3 is 0 Å². The van der Waals surface area contributed by atoms with E-state index in [1.807, 2.05) is 35.4 Å². The molecular formula is C25H23FN6O2. The van der Waals surface area contributed by atoms with E-state index in [1.54, 1.807) is 30.9 Å². The number of pyridine rings is 1. The zero-order valence-electron chi connectivity index (χ0n) is 18.8. The van der Waals surface area contributed by atoms with Crippen LogP contribution in [0.3, 0.4) is 0 Å². The van der Waals surface area contributed by atoms with Crippen LogP contribution in [0.5, 0.6) is 5.75 Å². The number of aryl methyl sites for hydroxylation is 1. The first-order valence-electron chi connectivity index (χ1n) is 11.3. The molecule has 0 radical (unpaired) electrons. The van der Waals surface area contributed by atoms with Crippen molar-refractivity contribution < 1.29 is 13.9 Å². The van der Waals surface area contributed by atoms with Crippen LogP contribution in [0.2, 0.25) is 0 Å². The predicted molar refractivity (Wildman–Crippen MR) is 124 cm³/mol. The van der Waals surface area contributed by atoms with E-state index in [2.05, 4.69) is 20.3 Å². The highest BCUT2D eigenvalue weighted by atomic mass is 19.1. The number of nitrogens with one attached hydrogen (secondary N) is 1. The van der Waals surface area contributed by atoms with E-state index in [0.717, 1.165) is 29.9 Å². The number of aromatic nitrogens is 5. The molecule has 1 aliphatic heterocycles. The molecule has 34 heavy (non-hydrogen) atoms. The van der Waals surface area contributed by atoms with Crippen molar-refractivity contribution in [2.45, 2.75) is 38.6 Å². The van der Waals surface area contributed by atoms with Crippen molar-refractivity contribution in [1.29, 1.82) is 0 Å². The van der Waals surface area contributed by atoms with Crippen LogP contribution in [-0.2, 0) is 0 Å². The predicted octanol–water partition coefficient (Wildman–Crippen LogP) is 4.66. The fourth-order valence-electron chi connectivity index (χ4n) is 4.37. The number of fused-ring (bicyclic) bond motifs is 3. The van der Waals surface area contributed by atoms with Crippen LogP contribution in [0, 0.1) is 12.7 Å². The maximum atomic E-state index is 14.9. The summed E-state index contributed by atoms with van der Waals surface area (Å²) in [6.45, 7) is 4.22. The molecule has 1 N–H and O–H groups in total. The number of amides is 1. The van der Waals surface area contributed by atoms with Gasteiger partial charge in [0.05, 0.1) is 34.9 Å². The molecule has 1 aromatic carbocycles. The molecule has 172 valence electrons. The topological polar surface area (TPSA) is 86.9 Å². The molecule has 0 saturated heterocycles. The highest BCUT2D eigenvalue weighted by Crippen LogP contribution is 2.40. The number of imidazole rings is 2. The third-order valence-electron chi connectivity index (χ3n) is 6.40. The van der Waals surface area contributed by atoms with Crippen molar-refractivity contribution in [1.82, 2.24) is 24.1 Å². The number of ether oxygens (including phenoxy) is 1. The molecule has 1 saturated carbocycles. The Hall–Kier alpha value is -4.01. The van der Waals surface area contributed by atoms with Gasteiger partial charge in [-0.15, -0.1) is 0 Å². The minimum absolute atomic E-state index is 0.0567. The van der Waals surface area contributed by atoms with E-state index in [1.165, 1.54) is 6.07 Å². The van der Waals surface area contributed by atoms with Crippen LogP contribution in [0.4, 0.5) is 10.2 Å². The summed E-state index contributed by atoms with van der Waals surface area (Å²) in [5.41, 5.74) is 3.08. The Morgan fingerprint density at radius 2 is 2.06 bits per heavy atom. The zero-order valence-corrected chi connectivity index (χ0v) is 18.8. The number of anilines is 1. The summed E-state index contributed by atoms with van der Waals surface area (Å²) >= 11 is 0. The van der Waals surface area contributed by atoms with Gasteiger partial charge in [0.25, 0.3) is 5.91 Å².